The van der Waals surface area contributed by atoms with Crippen LogP contribution in [0.15, 0.2) is 101 Å². The lowest BCUT2D eigenvalue weighted by atomic mass is 9.96. The van der Waals surface area contributed by atoms with Crippen LogP contribution in [0.5, 0.6) is 0 Å². The number of halogens is 2. The molecule has 0 aliphatic heterocycles. The number of thiol groups is 1. The van der Waals surface area contributed by atoms with Gasteiger partial charge in [-0.3, -0.25) is 4.55 Å². The largest absolute Gasteiger partial charge is 0.296 e. The van der Waals surface area contributed by atoms with Crippen LogP contribution in [-0.4, -0.2) is 13.0 Å². The number of rotatable bonds is 3. The smallest absolute Gasteiger partial charge is 0.282 e. The maximum absolute atomic E-state index is 10.6. The van der Waals surface area contributed by atoms with E-state index >= 15 is 0 Å². The zero-order chi connectivity index (χ0) is 23.3. The van der Waals surface area contributed by atoms with Crippen molar-refractivity contribution in [3.8, 4) is 22.3 Å². The highest BCUT2D eigenvalue weighted by molar-refractivity contribution is 7.86. The van der Waals surface area contributed by atoms with Crippen molar-refractivity contribution in [2.75, 3.05) is 0 Å². The van der Waals surface area contributed by atoms with Gasteiger partial charge in [0, 0.05) is 9.92 Å². The maximum Gasteiger partial charge on any atom is 0.296 e. The maximum atomic E-state index is 10.6. The first-order chi connectivity index (χ1) is 15.2. The Morgan fingerprint density at radius 3 is 1.62 bits per heavy atom. The van der Waals surface area contributed by atoms with Crippen LogP contribution in [0.4, 0.5) is 0 Å². The van der Waals surface area contributed by atoms with E-state index < -0.39 is 10.1 Å². The third kappa shape index (κ3) is 6.15. The average molecular weight is 503 g/mol. The Labute approximate surface area is 203 Å². The van der Waals surface area contributed by atoms with E-state index in [1.54, 1.807) is 0 Å². The summed E-state index contributed by atoms with van der Waals surface area (Å²) in [6.07, 6.45) is 0. The summed E-state index contributed by atoms with van der Waals surface area (Å²) in [5, 5.41) is 0.147. The van der Waals surface area contributed by atoms with Crippen molar-refractivity contribution in [1.82, 2.24) is 0 Å². The molecule has 7 heteroatoms. The molecule has 4 aromatic carbocycles. The minimum atomic E-state index is -4.27. The lowest BCUT2D eigenvalue weighted by Gasteiger charge is -2.13. The van der Waals surface area contributed by atoms with Gasteiger partial charge < -0.3 is 0 Å². The van der Waals surface area contributed by atoms with Crippen LogP contribution in [0.2, 0.25) is 10.0 Å². The van der Waals surface area contributed by atoms with Crippen LogP contribution in [0.3, 0.4) is 0 Å². The van der Waals surface area contributed by atoms with Gasteiger partial charge in [0.25, 0.3) is 10.1 Å². The molecular formula is C25H20Cl2O3S2. The number of aryl methyl sites for hydroxylation is 1. The second-order valence-electron chi connectivity index (χ2n) is 6.99. The minimum Gasteiger partial charge on any atom is -0.282 e. The van der Waals surface area contributed by atoms with E-state index in [-0.39, 0.29) is 14.9 Å². The van der Waals surface area contributed by atoms with Crippen molar-refractivity contribution < 1.29 is 13.0 Å². The predicted octanol–water partition coefficient (Wildman–Crippen LogP) is 7.86. The third-order valence-electron chi connectivity index (χ3n) is 4.60. The highest BCUT2D eigenvalue weighted by atomic mass is 35.5. The summed E-state index contributed by atoms with van der Waals surface area (Å²) in [5.41, 5.74) is 6.04. The van der Waals surface area contributed by atoms with Gasteiger partial charge >= 0.3 is 0 Å². The molecule has 1 N–H and O–H groups in total. The van der Waals surface area contributed by atoms with E-state index in [1.807, 2.05) is 12.1 Å². The molecule has 32 heavy (non-hydrogen) atoms. The SMILES string of the molecule is Cc1cc(-c2ccccc2)c(S)c(-c2ccccc2)c1.O=S(=O)(O)c1cc(Cl)ccc1Cl. The minimum absolute atomic E-state index is 0.0538. The molecule has 0 aliphatic carbocycles. The standard InChI is InChI=1S/C19H16S.C6H4Cl2O3S/c1-14-12-17(15-8-4-2-5-9-15)19(20)18(13-14)16-10-6-3-7-11-16;7-4-1-2-5(8)6(3-4)12(9,10)11/h2-13,20H,1H3;1-3H,(H,9,10,11). The fourth-order valence-corrected chi connectivity index (χ4v) is 4.75. The molecule has 3 nitrogen and oxygen atoms in total. The Bertz CT molecular complexity index is 1260. The van der Waals surface area contributed by atoms with Crippen molar-refractivity contribution in [2.45, 2.75) is 16.7 Å². The van der Waals surface area contributed by atoms with Crippen LogP contribution in [0.1, 0.15) is 5.56 Å². The lowest BCUT2D eigenvalue weighted by molar-refractivity contribution is 0.483. The molecule has 164 valence electrons. The van der Waals surface area contributed by atoms with Gasteiger partial charge in [-0.1, -0.05) is 96.0 Å². The summed E-state index contributed by atoms with van der Waals surface area (Å²) in [4.78, 5) is 0.657. The van der Waals surface area contributed by atoms with Crippen molar-refractivity contribution in [3.63, 3.8) is 0 Å². The molecule has 0 aromatic heterocycles. The van der Waals surface area contributed by atoms with E-state index in [0.717, 1.165) is 11.0 Å². The van der Waals surface area contributed by atoms with Gasteiger partial charge in [-0.15, -0.1) is 12.6 Å². The van der Waals surface area contributed by atoms with Gasteiger partial charge in [0.15, 0.2) is 0 Å². The Morgan fingerprint density at radius 2 is 1.22 bits per heavy atom. The predicted molar refractivity (Wildman–Crippen MR) is 136 cm³/mol. The van der Waals surface area contributed by atoms with Gasteiger partial charge in [0.1, 0.15) is 4.90 Å². The van der Waals surface area contributed by atoms with Gasteiger partial charge in [-0.25, -0.2) is 0 Å². The van der Waals surface area contributed by atoms with Gasteiger partial charge in [0.2, 0.25) is 0 Å². The Hall–Kier alpha value is -2.28. The molecule has 4 rings (SSSR count). The number of benzene rings is 4. The fraction of sp³-hybridized carbons (Fsp3) is 0.0400. The van der Waals surface area contributed by atoms with Crippen LogP contribution < -0.4 is 0 Å². The van der Waals surface area contributed by atoms with Gasteiger partial charge in [-0.2, -0.15) is 8.42 Å². The Kier molecular flexibility index (Phi) is 8.04. The monoisotopic (exact) mass is 502 g/mol. The molecule has 0 atom stereocenters. The van der Waals surface area contributed by atoms with E-state index in [2.05, 4.69) is 67.6 Å². The third-order valence-corrected chi connectivity index (χ3v) is 6.65. The van der Waals surface area contributed by atoms with Crippen molar-refractivity contribution in [1.29, 1.82) is 0 Å². The highest BCUT2D eigenvalue weighted by Crippen LogP contribution is 2.36. The Balaban J connectivity index is 0.000000207. The fourth-order valence-electron chi connectivity index (χ4n) is 3.13. The summed E-state index contributed by atoms with van der Waals surface area (Å²) in [6.45, 7) is 2.13. The lowest BCUT2D eigenvalue weighted by Crippen LogP contribution is -1.98. The Morgan fingerprint density at radius 1 is 0.750 bits per heavy atom. The van der Waals surface area contributed by atoms with Crippen LogP contribution in [0.25, 0.3) is 22.3 Å². The molecule has 0 amide bonds. The van der Waals surface area contributed by atoms with E-state index in [1.165, 1.54) is 39.9 Å². The summed E-state index contributed by atoms with van der Waals surface area (Å²) in [7, 11) is -4.27. The number of hydrogen-bond donors (Lipinski definition) is 2. The second kappa shape index (κ2) is 10.6. The van der Waals surface area contributed by atoms with Crippen molar-refractivity contribution >= 4 is 45.9 Å². The molecule has 0 fully saturated rings. The molecule has 0 unspecified atom stereocenters. The van der Waals surface area contributed by atoms with Crippen LogP contribution >= 0.6 is 35.8 Å². The van der Waals surface area contributed by atoms with Crippen LogP contribution in [-0.2, 0) is 10.1 Å². The zero-order valence-corrected chi connectivity index (χ0v) is 20.3. The summed E-state index contributed by atoms with van der Waals surface area (Å²) >= 11 is 15.8. The van der Waals surface area contributed by atoms with E-state index in [0.29, 0.717) is 0 Å². The summed E-state index contributed by atoms with van der Waals surface area (Å²) in [6, 6.07) is 29.0. The first-order valence-electron chi connectivity index (χ1n) is 9.54. The first kappa shape index (κ1) is 24.4. The zero-order valence-electron chi connectivity index (χ0n) is 17.0. The molecule has 4 aromatic rings. The molecular weight excluding hydrogens is 483 g/mol. The van der Waals surface area contributed by atoms with E-state index in [4.69, 9.17) is 40.4 Å². The molecule has 0 aliphatic rings. The first-order valence-corrected chi connectivity index (χ1v) is 12.2. The molecule has 0 saturated heterocycles. The molecule has 0 heterocycles. The second-order valence-corrected chi connectivity index (χ2v) is 9.67. The highest BCUT2D eigenvalue weighted by Gasteiger charge is 2.14. The van der Waals surface area contributed by atoms with E-state index in [9.17, 15) is 8.42 Å². The quantitative estimate of drug-likeness (QED) is 0.221. The van der Waals surface area contributed by atoms with Gasteiger partial charge in [-0.05, 0) is 52.9 Å². The van der Waals surface area contributed by atoms with Crippen LogP contribution in [0, 0.1) is 6.92 Å². The average Bonchev–Trinajstić information content (AvgIpc) is 2.78. The number of hydrogen-bond acceptors (Lipinski definition) is 3. The van der Waals surface area contributed by atoms with Crippen molar-refractivity contribution in [3.05, 3.63) is 107 Å². The molecule has 0 saturated carbocycles. The van der Waals surface area contributed by atoms with Gasteiger partial charge in [0.05, 0.1) is 5.02 Å². The summed E-state index contributed by atoms with van der Waals surface area (Å²) < 4.78 is 29.9. The molecule has 0 bridgehead atoms. The van der Waals surface area contributed by atoms with Crippen molar-refractivity contribution in [2.24, 2.45) is 0 Å². The molecule has 0 radical (unpaired) electrons. The summed E-state index contributed by atoms with van der Waals surface area (Å²) in [5.74, 6) is 0. The normalized spacial score (nSPS) is 10.9. The molecule has 0 spiro atoms. The topological polar surface area (TPSA) is 54.4 Å².